The number of imidazole rings is 1. The largest absolute Gasteiger partial charge is 0.494 e. The highest BCUT2D eigenvalue weighted by molar-refractivity contribution is 5.76. The second-order valence-electron chi connectivity index (χ2n) is 7.45. The molecular weight excluding hydrogens is 360 g/mol. The van der Waals surface area contributed by atoms with Gasteiger partial charge in [-0.2, -0.15) is 0 Å². The first-order valence-electron chi connectivity index (χ1n) is 10.0. The Kier molecular flexibility index (Phi) is 5.63. The number of aryl methyl sites for hydroxylation is 3. The zero-order valence-electron chi connectivity index (χ0n) is 16.9. The number of rotatable bonds is 7. The third-order valence-corrected chi connectivity index (χ3v) is 5.03. The van der Waals surface area contributed by atoms with Crippen molar-refractivity contribution in [1.82, 2.24) is 9.55 Å². The molecule has 0 fully saturated rings. The minimum absolute atomic E-state index is 0.607. The van der Waals surface area contributed by atoms with Crippen LogP contribution in [0.4, 0.5) is 0 Å². The lowest BCUT2D eigenvalue weighted by Gasteiger charge is -2.15. The highest BCUT2D eigenvalue weighted by Gasteiger charge is 2.19. The molecule has 1 atom stereocenters. The number of benzene rings is 3. The van der Waals surface area contributed by atoms with E-state index in [0.717, 1.165) is 35.3 Å². The van der Waals surface area contributed by atoms with Crippen LogP contribution in [0.2, 0.25) is 0 Å². The molecule has 0 amide bonds. The Morgan fingerprint density at radius 2 is 1.62 bits per heavy atom. The van der Waals surface area contributed by atoms with Crippen molar-refractivity contribution < 1.29 is 9.84 Å². The standard InChI is InChI=1S/C25H26N2O2/c1-18-15-19(2)17-21(16-18)29-14-8-13-27-23-12-7-6-11-22(23)26-25(27)24(28)20-9-4-3-5-10-20/h3-7,9-12,15-17,24,28H,8,13-14H2,1-2H3. The van der Waals surface area contributed by atoms with Gasteiger partial charge in [0.15, 0.2) is 0 Å². The predicted molar refractivity (Wildman–Crippen MR) is 116 cm³/mol. The molecule has 148 valence electrons. The Hall–Kier alpha value is -3.11. The maximum absolute atomic E-state index is 11.0. The monoisotopic (exact) mass is 386 g/mol. The lowest BCUT2D eigenvalue weighted by atomic mass is 10.1. The molecule has 4 rings (SSSR count). The zero-order valence-corrected chi connectivity index (χ0v) is 16.9. The fourth-order valence-electron chi connectivity index (χ4n) is 3.75. The van der Waals surface area contributed by atoms with Crippen molar-refractivity contribution in [3.63, 3.8) is 0 Å². The van der Waals surface area contributed by atoms with Crippen molar-refractivity contribution in [1.29, 1.82) is 0 Å². The van der Waals surface area contributed by atoms with Crippen LogP contribution in [0.25, 0.3) is 11.0 Å². The van der Waals surface area contributed by atoms with E-state index in [1.165, 1.54) is 11.1 Å². The molecule has 0 aliphatic heterocycles. The second-order valence-corrected chi connectivity index (χ2v) is 7.45. The molecule has 3 aromatic carbocycles. The van der Waals surface area contributed by atoms with E-state index in [0.29, 0.717) is 12.4 Å². The first-order valence-corrected chi connectivity index (χ1v) is 10.0. The molecule has 0 spiro atoms. The molecule has 4 heteroatoms. The average Bonchev–Trinajstić information content (AvgIpc) is 3.09. The average molecular weight is 386 g/mol. The fraction of sp³-hybridized carbons (Fsp3) is 0.240. The van der Waals surface area contributed by atoms with Crippen molar-refractivity contribution in [2.75, 3.05) is 6.61 Å². The summed E-state index contributed by atoms with van der Waals surface area (Å²) in [6.45, 7) is 5.49. The van der Waals surface area contributed by atoms with Gasteiger partial charge in [-0.3, -0.25) is 0 Å². The van der Waals surface area contributed by atoms with Gasteiger partial charge in [-0.05, 0) is 61.2 Å². The Morgan fingerprint density at radius 1 is 0.931 bits per heavy atom. The summed E-state index contributed by atoms with van der Waals surface area (Å²) in [7, 11) is 0. The van der Waals surface area contributed by atoms with Crippen LogP contribution in [0.1, 0.15) is 35.0 Å². The number of ether oxygens (including phenoxy) is 1. The summed E-state index contributed by atoms with van der Waals surface area (Å²) >= 11 is 0. The van der Waals surface area contributed by atoms with Crippen molar-refractivity contribution in [3.05, 3.63) is 95.3 Å². The van der Waals surface area contributed by atoms with E-state index >= 15 is 0 Å². The molecule has 0 aliphatic rings. The number of aromatic nitrogens is 2. The van der Waals surface area contributed by atoms with E-state index in [1.807, 2.05) is 54.6 Å². The molecule has 1 heterocycles. The number of fused-ring (bicyclic) bond motifs is 1. The van der Waals surface area contributed by atoms with E-state index < -0.39 is 6.10 Å². The lowest BCUT2D eigenvalue weighted by molar-refractivity contribution is 0.203. The summed E-state index contributed by atoms with van der Waals surface area (Å²) in [5.74, 6) is 1.58. The Labute approximate surface area is 171 Å². The van der Waals surface area contributed by atoms with Crippen LogP contribution >= 0.6 is 0 Å². The van der Waals surface area contributed by atoms with Crippen LogP contribution in [0, 0.1) is 13.8 Å². The number of aliphatic hydroxyl groups excluding tert-OH is 1. The van der Waals surface area contributed by atoms with Crippen molar-refractivity contribution in [2.24, 2.45) is 0 Å². The third kappa shape index (κ3) is 4.33. The minimum Gasteiger partial charge on any atom is -0.494 e. The summed E-state index contributed by atoms with van der Waals surface area (Å²) in [5.41, 5.74) is 5.18. The third-order valence-electron chi connectivity index (χ3n) is 5.03. The topological polar surface area (TPSA) is 47.3 Å². The van der Waals surface area contributed by atoms with Gasteiger partial charge in [-0.25, -0.2) is 4.98 Å². The van der Waals surface area contributed by atoms with Gasteiger partial charge in [-0.15, -0.1) is 0 Å². The second kappa shape index (κ2) is 8.50. The number of hydrogen-bond acceptors (Lipinski definition) is 3. The van der Waals surface area contributed by atoms with Gasteiger partial charge in [0.25, 0.3) is 0 Å². The van der Waals surface area contributed by atoms with Crippen LogP contribution in [0.5, 0.6) is 5.75 Å². The Bertz CT molecular complexity index is 1080. The normalized spacial score (nSPS) is 12.2. The molecule has 4 aromatic rings. The summed E-state index contributed by atoms with van der Waals surface area (Å²) in [4.78, 5) is 4.72. The minimum atomic E-state index is -0.760. The highest BCUT2D eigenvalue weighted by Crippen LogP contribution is 2.26. The molecular formula is C25H26N2O2. The summed E-state index contributed by atoms with van der Waals surface area (Å²) in [6.07, 6.45) is 0.0610. The van der Waals surface area contributed by atoms with Crippen molar-refractivity contribution in [2.45, 2.75) is 32.9 Å². The molecule has 29 heavy (non-hydrogen) atoms. The number of hydrogen-bond donors (Lipinski definition) is 1. The van der Waals surface area contributed by atoms with Gasteiger partial charge >= 0.3 is 0 Å². The van der Waals surface area contributed by atoms with Crippen LogP contribution in [-0.2, 0) is 6.54 Å². The van der Waals surface area contributed by atoms with Gasteiger partial charge in [-0.1, -0.05) is 48.5 Å². The quantitative estimate of drug-likeness (QED) is 0.444. The molecule has 0 bridgehead atoms. The lowest BCUT2D eigenvalue weighted by Crippen LogP contribution is -2.12. The number of aliphatic hydroxyl groups is 1. The van der Waals surface area contributed by atoms with Gasteiger partial charge in [0.1, 0.15) is 17.7 Å². The van der Waals surface area contributed by atoms with Crippen LogP contribution in [0.3, 0.4) is 0 Å². The molecule has 1 N–H and O–H groups in total. The van der Waals surface area contributed by atoms with Gasteiger partial charge < -0.3 is 14.4 Å². The molecule has 0 radical (unpaired) electrons. The molecule has 1 aromatic heterocycles. The summed E-state index contributed by atoms with van der Waals surface area (Å²) < 4.78 is 8.08. The van der Waals surface area contributed by atoms with Crippen molar-refractivity contribution in [3.8, 4) is 5.75 Å². The van der Waals surface area contributed by atoms with E-state index in [4.69, 9.17) is 9.72 Å². The highest BCUT2D eigenvalue weighted by atomic mass is 16.5. The van der Waals surface area contributed by atoms with Gasteiger partial charge in [0.05, 0.1) is 17.6 Å². The number of para-hydroxylation sites is 2. The maximum Gasteiger partial charge on any atom is 0.143 e. The predicted octanol–water partition coefficient (Wildman–Crippen LogP) is 5.20. The molecule has 0 aliphatic carbocycles. The van der Waals surface area contributed by atoms with E-state index in [-0.39, 0.29) is 0 Å². The summed E-state index contributed by atoms with van der Waals surface area (Å²) in [5, 5.41) is 11.0. The molecule has 0 saturated carbocycles. The molecule has 0 saturated heterocycles. The van der Waals surface area contributed by atoms with E-state index in [9.17, 15) is 5.11 Å². The van der Waals surface area contributed by atoms with E-state index in [2.05, 4.69) is 36.6 Å². The maximum atomic E-state index is 11.0. The number of nitrogens with zero attached hydrogens (tertiary/aromatic N) is 2. The van der Waals surface area contributed by atoms with Crippen molar-refractivity contribution >= 4 is 11.0 Å². The SMILES string of the molecule is Cc1cc(C)cc(OCCCn2c(C(O)c3ccccc3)nc3ccccc32)c1. The summed E-state index contributed by atoms with van der Waals surface area (Å²) in [6, 6.07) is 23.9. The Morgan fingerprint density at radius 3 is 2.38 bits per heavy atom. The van der Waals surface area contributed by atoms with Gasteiger partial charge in [0.2, 0.25) is 0 Å². The molecule has 4 nitrogen and oxygen atoms in total. The molecule has 1 unspecified atom stereocenters. The Balaban J connectivity index is 1.53. The smallest absolute Gasteiger partial charge is 0.143 e. The van der Waals surface area contributed by atoms with Crippen LogP contribution in [-0.4, -0.2) is 21.3 Å². The first kappa shape index (κ1) is 19.2. The van der Waals surface area contributed by atoms with Crippen LogP contribution in [0.15, 0.2) is 72.8 Å². The van der Waals surface area contributed by atoms with E-state index in [1.54, 1.807) is 0 Å². The first-order chi connectivity index (χ1) is 14.1. The fourth-order valence-corrected chi connectivity index (χ4v) is 3.75. The zero-order chi connectivity index (χ0) is 20.2. The van der Waals surface area contributed by atoms with Crippen LogP contribution < -0.4 is 4.74 Å². The van der Waals surface area contributed by atoms with Gasteiger partial charge in [0, 0.05) is 6.54 Å².